The maximum absolute atomic E-state index is 12.3. The third-order valence-corrected chi connectivity index (χ3v) is 3.48. The molecule has 0 aliphatic carbocycles. The highest BCUT2D eigenvalue weighted by Crippen LogP contribution is 2.22. The van der Waals surface area contributed by atoms with E-state index in [1.54, 1.807) is 11.8 Å². The third-order valence-electron chi connectivity index (χ3n) is 3.48. The highest BCUT2D eigenvalue weighted by Gasteiger charge is 2.33. The molecule has 1 fully saturated rings. The van der Waals surface area contributed by atoms with Gasteiger partial charge in [0.05, 0.1) is 17.7 Å². The van der Waals surface area contributed by atoms with Crippen molar-refractivity contribution < 1.29 is 14.7 Å². The van der Waals surface area contributed by atoms with E-state index in [1.165, 1.54) is 17.0 Å². The van der Waals surface area contributed by atoms with Gasteiger partial charge in [0.25, 0.3) is 11.7 Å². The lowest BCUT2D eigenvalue weighted by Crippen LogP contribution is -2.50. The predicted octanol–water partition coefficient (Wildman–Crippen LogP) is -0.0206. The van der Waals surface area contributed by atoms with Crippen LogP contribution in [0.2, 0.25) is 0 Å². The Morgan fingerprint density at radius 3 is 2.85 bits per heavy atom. The standard InChI is InChI=1S/C12H13N5O3/c1-7-9(3-13-12-14-6-15-17(7)12)11(20)16-4-8(5-16)2-10(18)19/h3,6,8H,2,4-5H2,1H3,(H,18,19). The van der Waals surface area contributed by atoms with Crippen molar-refractivity contribution in [3.8, 4) is 0 Å². The lowest BCUT2D eigenvalue weighted by molar-refractivity contribution is -0.139. The summed E-state index contributed by atoms with van der Waals surface area (Å²) in [5.74, 6) is -0.482. The number of nitrogens with zero attached hydrogens (tertiary/aromatic N) is 5. The monoisotopic (exact) mass is 275 g/mol. The molecule has 3 heterocycles. The van der Waals surface area contributed by atoms with Crippen LogP contribution in [0.25, 0.3) is 5.78 Å². The molecule has 104 valence electrons. The third kappa shape index (κ3) is 1.98. The largest absolute Gasteiger partial charge is 0.481 e. The van der Waals surface area contributed by atoms with Gasteiger partial charge in [0, 0.05) is 25.2 Å². The van der Waals surface area contributed by atoms with Gasteiger partial charge in [0.1, 0.15) is 6.33 Å². The van der Waals surface area contributed by atoms with Crippen molar-refractivity contribution in [3.05, 3.63) is 23.8 Å². The molecule has 8 heteroatoms. The molecule has 1 saturated heterocycles. The molecular weight excluding hydrogens is 262 g/mol. The van der Waals surface area contributed by atoms with Gasteiger partial charge in [0.15, 0.2) is 0 Å². The second kappa shape index (κ2) is 4.55. The first kappa shape index (κ1) is 12.5. The van der Waals surface area contributed by atoms with Crippen molar-refractivity contribution in [2.24, 2.45) is 5.92 Å². The molecule has 1 N–H and O–H groups in total. The Hall–Kier alpha value is -2.51. The van der Waals surface area contributed by atoms with Gasteiger partial charge in [-0.25, -0.2) is 9.50 Å². The molecule has 20 heavy (non-hydrogen) atoms. The number of carboxylic acid groups (broad SMARTS) is 1. The van der Waals surface area contributed by atoms with Crippen molar-refractivity contribution in [2.45, 2.75) is 13.3 Å². The first-order valence-corrected chi connectivity index (χ1v) is 6.22. The van der Waals surface area contributed by atoms with Gasteiger partial charge in [0.2, 0.25) is 0 Å². The maximum Gasteiger partial charge on any atom is 0.303 e. The molecule has 1 aliphatic rings. The van der Waals surface area contributed by atoms with E-state index in [-0.39, 0.29) is 18.2 Å². The van der Waals surface area contributed by atoms with E-state index < -0.39 is 5.97 Å². The van der Waals surface area contributed by atoms with Gasteiger partial charge >= 0.3 is 5.97 Å². The number of carboxylic acids is 1. The van der Waals surface area contributed by atoms with Gasteiger partial charge in [-0.05, 0) is 6.92 Å². The first-order chi connectivity index (χ1) is 9.56. The Balaban J connectivity index is 1.77. The highest BCUT2D eigenvalue weighted by molar-refractivity contribution is 5.95. The molecule has 3 rings (SSSR count). The summed E-state index contributed by atoms with van der Waals surface area (Å²) in [5.41, 5.74) is 1.15. The average molecular weight is 275 g/mol. The minimum absolute atomic E-state index is 0.0415. The number of aliphatic carboxylic acids is 1. The molecule has 2 aromatic rings. The van der Waals surface area contributed by atoms with Gasteiger partial charge in [-0.1, -0.05) is 0 Å². The summed E-state index contributed by atoms with van der Waals surface area (Å²) in [4.78, 5) is 32.6. The zero-order chi connectivity index (χ0) is 14.3. The average Bonchev–Trinajstić information content (AvgIpc) is 2.82. The van der Waals surface area contributed by atoms with E-state index in [9.17, 15) is 9.59 Å². The summed E-state index contributed by atoms with van der Waals surface area (Å²) >= 11 is 0. The number of carbonyl (C=O) groups is 2. The fourth-order valence-electron chi connectivity index (χ4n) is 2.38. The quantitative estimate of drug-likeness (QED) is 0.844. The van der Waals surface area contributed by atoms with Crippen molar-refractivity contribution in [2.75, 3.05) is 13.1 Å². The second-order valence-electron chi connectivity index (χ2n) is 4.90. The Morgan fingerprint density at radius 2 is 2.15 bits per heavy atom. The topological polar surface area (TPSA) is 101 Å². The summed E-state index contributed by atoms with van der Waals surface area (Å²) < 4.78 is 1.52. The van der Waals surface area contributed by atoms with Crippen LogP contribution < -0.4 is 0 Å². The molecule has 8 nitrogen and oxygen atoms in total. The lowest BCUT2D eigenvalue weighted by atomic mass is 9.95. The lowest BCUT2D eigenvalue weighted by Gasteiger charge is -2.38. The number of aromatic nitrogens is 4. The summed E-state index contributed by atoms with van der Waals surface area (Å²) in [7, 11) is 0. The molecule has 0 unspecified atom stereocenters. The van der Waals surface area contributed by atoms with Crippen LogP contribution in [0, 0.1) is 12.8 Å². The Morgan fingerprint density at radius 1 is 1.40 bits per heavy atom. The SMILES string of the molecule is Cc1c(C(=O)N2CC(CC(=O)O)C2)cnc2ncnn12. The van der Waals surface area contributed by atoms with Gasteiger partial charge in [-0.15, -0.1) is 0 Å². The van der Waals surface area contributed by atoms with Crippen LogP contribution in [-0.2, 0) is 4.79 Å². The van der Waals surface area contributed by atoms with E-state index in [2.05, 4.69) is 15.1 Å². The van der Waals surface area contributed by atoms with Crippen LogP contribution >= 0.6 is 0 Å². The van der Waals surface area contributed by atoms with Crippen molar-refractivity contribution in [1.82, 2.24) is 24.5 Å². The van der Waals surface area contributed by atoms with Crippen LogP contribution in [0.3, 0.4) is 0 Å². The van der Waals surface area contributed by atoms with E-state index >= 15 is 0 Å². The minimum Gasteiger partial charge on any atom is -0.481 e. The van der Waals surface area contributed by atoms with Gasteiger partial charge in [-0.3, -0.25) is 9.59 Å². The molecule has 1 aliphatic heterocycles. The fourth-order valence-corrected chi connectivity index (χ4v) is 2.38. The van der Waals surface area contributed by atoms with E-state index in [1.807, 2.05) is 0 Å². The predicted molar refractivity (Wildman–Crippen MR) is 67.2 cm³/mol. The van der Waals surface area contributed by atoms with E-state index in [0.29, 0.717) is 30.1 Å². The summed E-state index contributed by atoms with van der Waals surface area (Å²) in [6, 6.07) is 0. The Kier molecular flexibility index (Phi) is 2.85. The second-order valence-corrected chi connectivity index (χ2v) is 4.90. The molecule has 2 aromatic heterocycles. The van der Waals surface area contributed by atoms with Crippen LogP contribution in [0.4, 0.5) is 0 Å². The molecule has 0 radical (unpaired) electrons. The molecule has 0 spiro atoms. The van der Waals surface area contributed by atoms with Crippen LogP contribution in [0.15, 0.2) is 12.5 Å². The zero-order valence-electron chi connectivity index (χ0n) is 10.9. The number of likely N-dealkylation sites (tertiary alicyclic amines) is 1. The van der Waals surface area contributed by atoms with Crippen molar-refractivity contribution >= 4 is 17.7 Å². The summed E-state index contributed by atoms with van der Waals surface area (Å²) in [6.45, 7) is 2.73. The Labute approximate surface area is 114 Å². The number of hydrogen-bond donors (Lipinski definition) is 1. The number of fused-ring (bicyclic) bond motifs is 1. The number of rotatable bonds is 3. The van der Waals surface area contributed by atoms with E-state index in [0.717, 1.165) is 0 Å². The van der Waals surface area contributed by atoms with Crippen molar-refractivity contribution in [1.29, 1.82) is 0 Å². The minimum atomic E-state index is -0.830. The zero-order valence-corrected chi connectivity index (χ0v) is 10.9. The number of amides is 1. The molecular formula is C12H13N5O3. The van der Waals surface area contributed by atoms with Crippen molar-refractivity contribution in [3.63, 3.8) is 0 Å². The molecule has 0 saturated carbocycles. The highest BCUT2D eigenvalue weighted by atomic mass is 16.4. The number of hydrogen-bond acceptors (Lipinski definition) is 5. The fraction of sp³-hybridized carbons (Fsp3) is 0.417. The van der Waals surface area contributed by atoms with Crippen LogP contribution in [0.5, 0.6) is 0 Å². The van der Waals surface area contributed by atoms with E-state index in [4.69, 9.17) is 5.11 Å². The molecule has 0 atom stereocenters. The molecule has 0 bridgehead atoms. The van der Waals surface area contributed by atoms with Gasteiger partial charge in [-0.2, -0.15) is 10.1 Å². The Bertz CT molecular complexity index is 689. The summed E-state index contributed by atoms with van der Waals surface area (Å²) in [6.07, 6.45) is 2.98. The molecule has 1 amide bonds. The van der Waals surface area contributed by atoms with Crippen LogP contribution in [-0.4, -0.2) is 54.6 Å². The molecule has 0 aromatic carbocycles. The normalized spacial score (nSPS) is 15.3. The first-order valence-electron chi connectivity index (χ1n) is 6.22. The van der Waals surface area contributed by atoms with Crippen LogP contribution in [0.1, 0.15) is 22.5 Å². The number of carbonyl (C=O) groups excluding carboxylic acids is 1. The maximum atomic E-state index is 12.3. The summed E-state index contributed by atoms with van der Waals surface area (Å²) in [5, 5.41) is 12.7. The van der Waals surface area contributed by atoms with Gasteiger partial charge < -0.3 is 10.0 Å². The number of aryl methyl sites for hydroxylation is 1. The smallest absolute Gasteiger partial charge is 0.303 e.